The first-order valence-electron chi connectivity index (χ1n) is 11.1. The molecule has 164 valence electrons. The first-order valence-corrected chi connectivity index (χ1v) is 11.1. The van der Waals surface area contributed by atoms with Crippen LogP contribution in [0.2, 0.25) is 0 Å². The number of aromatic nitrogens is 2. The fraction of sp³-hybridized carbons (Fsp3) is 0.714. The predicted octanol–water partition coefficient (Wildman–Crippen LogP) is 0.918. The molecule has 3 aliphatic rings. The van der Waals surface area contributed by atoms with Gasteiger partial charge in [0.15, 0.2) is 0 Å². The smallest absolute Gasteiger partial charge is 0.325 e. The number of carbonyl (C=O) groups is 3. The summed E-state index contributed by atoms with van der Waals surface area (Å²) in [6, 6.07) is 1.55. The van der Waals surface area contributed by atoms with E-state index >= 15 is 0 Å². The van der Waals surface area contributed by atoms with Crippen molar-refractivity contribution in [1.29, 1.82) is 0 Å². The SMILES string of the molecule is CCCN1CCC2(CC1)NC(=O)N(CC1CCN(C(=O)Cn3cccn3)CC1)C2=O. The molecule has 4 heterocycles. The number of amides is 4. The molecule has 1 N–H and O–H groups in total. The monoisotopic (exact) mass is 416 g/mol. The average molecular weight is 417 g/mol. The van der Waals surface area contributed by atoms with Crippen molar-refractivity contribution in [2.45, 2.75) is 51.1 Å². The Morgan fingerprint density at radius 1 is 1.20 bits per heavy atom. The molecule has 30 heavy (non-hydrogen) atoms. The predicted molar refractivity (Wildman–Crippen MR) is 110 cm³/mol. The van der Waals surface area contributed by atoms with Gasteiger partial charge in [0.1, 0.15) is 12.1 Å². The minimum absolute atomic E-state index is 0.0548. The van der Waals surface area contributed by atoms with Gasteiger partial charge in [-0.3, -0.25) is 19.2 Å². The number of piperidine rings is 2. The second-order valence-corrected chi connectivity index (χ2v) is 8.80. The number of rotatable bonds is 6. The van der Waals surface area contributed by atoms with E-state index in [-0.39, 0.29) is 30.3 Å². The summed E-state index contributed by atoms with van der Waals surface area (Å²) in [5.74, 6) is 0.245. The summed E-state index contributed by atoms with van der Waals surface area (Å²) in [4.78, 5) is 43.8. The van der Waals surface area contributed by atoms with Crippen LogP contribution in [0.3, 0.4) is 0 Å². The maximum atomic E-state index is 13.1. The Hall–Kier alpha value is -2.42. The van der Waals surface area contributed by atoms with Gasteiger partial charge in [-0.05, 0) is 50.6 Å². The molecule has 0 bridgehead atoms. The van der Waals surface area contributed by atoms with E-state index in [0.717, 1.165) is 38.9 Å². The van der Waals surface area contributed by atoms with E-state index in [1.807, 2.05) is 4.90 Å². The molecule has 1 spiro atoms. The van der Waals surface area contributed by atoms with Crippen LogP contribution in [0, 0.1) is 5.92 Å². The average Bonchev–Trinajstić information content (AvgIpc) is 3.33. The van der Waals surface area contributed by atoms with Crippen LogP contribution in [0.25, 0.3) is 0 Å². The van der Waals surface area contributed by atoms with Gasteiger partial charge in [0, 0.05) is 45.1 Å². The van der Waals surface area contributed by atoms with E-state index in [2.05, 4.69) is 22.2 Å². The zero-order valence-corrected chi connectivity index (χ0v) is 17.8. The van der Waals surface area contributed by atoms with Crippen molar-refractivity contribution in [3.05, 3.63) is 18.5 Å². The van der Waals surface area contributed by atoms with Crippen molar-refractivity contribution in [2.75, 3.05) is 39.3 Å². The van der Waals surface area contributed by atoms with E-state index in [1.165, 1.54) is 4.90 Å². The Balaban J connectivity index is 1.27. The van der Waals surface area contributed by atoms with Crippen molar-refractivity contribution >= 4 is 17.8 Å². The maximum Gasteiger partial charge on any atom is 0.325 e. The third-order valence-electron chi connectivity index (χ3n) is 6.76. The van der Waals surface area contributed by atoms with Crippen LogP contribution in [-0.2, 0) is 16.1 Å². The molecule has 0 aromatic carbocycles. The van der Waals surface area contributed by atoms with E-state index < -0.39 is 5.54 Å². The lowest BCUT2D eigenvalue weighted by Crippen LogP contribution is -2.55. The number of hydrogen-bond donors (Lipinski definition) is 1. The molecule has 0 saturated carbocycles. The topological polar surface area (TPSA) is 90.8 Å². The van der Waals surface area contributed by atoms with Gasteiger partial charge in [-0.25, -0.2) is 4.79 Å². The van der Waals surface area contributed by atoms with Crippen molar-refractivity contribution in [2.24, 2.45) is 5.92 Å². The standard InChI is InChI=1S/C21H32N6O3/c1-2-9-24-13-6-21(7-14-24)19(29)27(20(30)23-21)15-17-4-11-25(12-5-17)18(28)16-26-10-3-8-22-26/h3,8,10,17H,2,4-7,9,11-16H2,1H3,(H,23,30). The molecule has 1 aromatic heterocycles. The zero-order valence-electron chi connectivity index (χ0n) is 17.8. The van der Waals surface area contributed by atoms with Gasteiger partial charge in [0.25, 0.3) is 5.91 Å². The van der Waals surface area contributed by atoms with Gasteiger partial charge in [-0.1, -0.05) is 6.92 Å². The first-order chi connectivity index (χ1) is 14.5. The lowest BCUT2D eigenvalue weighted by Gasteiger charge is -2.37. The third kappa shape index (κ3) is 4.21. The molecule has 0 atom stereocenters. The highest BCUT2D eigenvalue weighted by molar-refractivity contribution is 6.07. The van der Waals surface area contributed by atoms with Crippen LogP contribution >= 0.6 is 0 Å². The summed E-state index contributed by atoms with van der Waals surface area (Å²) in [5.41, 5.74) is -0.707. The minimum atomic E-state index is -0.707. The summed E-state index contributed by atoms with van der Waals surface area (Å²) in [5, 5.41) is 7.09. The van der Waals surface area contributed by atoms with Crippen LogP contribution in [0.1, 0.15) is 39.0 Å². The van der Waals surface area contributed by atoms with Crippen LogP contribution in [-0.4, -0.2) is 87.1 Å². The van der Waals surface area contributed by atoms with Gasteiger partial charge in [0.2, 0.25) is 5.91 Å². The number of hydrogen-bond acceptors (Lipinski definition) is 5. The Morgan fingerprint density at radius 2 is 1.93 bits per heavy atom. The molecule has 9 heteroatoms. The van der Waals surface area contributed by atoms with Gasteiger partial charge in [-0.15, -0.1) is 0 Å². The van der Waals surface area contributed by atoms with Gasteiger partial charge in [-0.2, -0.15) is 5.10 Å². The maximum absolute atomic E-state index is 13.1. The van der Waals surface area contributed by atoms with Crippen molar-refractivity contribution in [1.82, 2.24) is 29.8 Å². The minimum Gasteiger partial charge on any atom is -0.341 e. The van der Waals surface area contributed by atoms with Crippen LogP contribution in [0.15, 0.2) is 18.5 Å². The summed E-state index contributed by atoms with van der Waals surface area (Å²) in [6.07, 6.45) is 7.53. The molecule has 9 nitrogen and oxygen atoms in total. The molecule has 0 aliphatic carbocycles. The van der Waals surface area contributed by atoms with E-state index in [9.17, 15) is 14.4 Å². The Bertz CT molecular complexity index is 764. The van der Waals surface area contributed by atoms with Crippen LogP contribution < -0.4 is 5.32 Å². The number of urea groups is 1. The van der Waals surface area contributed by atoms with Gasteiger partial charge < -0.3 is 15.1 Å². The molecule has 0 radical (unpaired) electrons. The number of imide groups is 1. The fourth-order valence-corrected chi connectivity index (χ4v) is 4.91. The highest BCUT2D eigenvalue weighted by Gasteiger charge is 2.52. The quantitative estimate of drug-likeness (QED) is 0.697. The molecule has 3 saturated heterocycles. The number of nitrogens with one attached hydrogen (secondary N) is 1. The largest absolute Gasteiger partial charge is 0.341 e. The molecule has 0 unspecified atom stereocenters. The normalized spacial score (nSPS) is 22.7. The van der Waals surface area contributed by atoms with E-state index in [1.54, 1.807) is 23.1 Å². The molecule has 3 fully saturated rings. The first kappa shape index (κ1) is 20.8. The fourth-order valence-electron chi connectivity index (χ4n) is 4.91. The third-order valence-corrected chi connectivity index (χ3v) is 6.76. The number of nitrogens with zero attached hydrogens (tertiary/aromatic N) is 5. The molecular formula is C21H32N6O3. The lowest BCUT2D eigenvalue weighted by molar-refractivity contribution is -0.135. The number of carbonyl (C=O) groups excluding carboxylic acids is 3. The summed E-state index contributed by atoms with van der Waals surface area (Å²) in [7, 11) is 0. The van der Waals surface area contributed by atoms with E-state index in [4.69, 9.17) is 0 Å². The molecule has 4 rings (SSSR count). The van der Waals surface area contributed by atoms with Crippen molar-refractivity contribution < 1.29 is 14.4 Å². The van der Waals surface area contributed by atoms with Crippen molar-refractivity contribution in [3.8, 4) is 0 Å². The Morgan fingerprint density at radius 3 is 2.57 bits per heavy atom. The summed E-state index contributed by atoms with van der Waals surface area (Å²) in [6.45, 7) is 6.92. The zero-order chi connectivity index (χ0) is 21.1. The van der Waals surface area contributed by atoms with Crippen molar-refractivity contribution in [3.63, 3.8) is 0 Å². The highest BCUT2D eigenvalue weighted by atomic mass is 16.2. The Labute approximate surface area is 177 Å². The van der Waals surface area contributed by atoms with Crippen LogP contribution in [0.5, 0.6) is 0 Å². The molecule has 1 aromatic rings. The van der Waals surface area contributed by atoms with Crippen LogP contribution in [0.4, 0.5) is 4.79 Å². The van der Waals surface area contributed by atoms with E-state index in [0.29, 0.717) is 32.5 Å². The molecular weight excluding hydrogens is 384 g/mol. The Kier molecular flexibility index (Phi) is 6.08. The summed E-state index contributed by atoms with van der Waals surface area (Å²) < 4.78 is 1.63. The second kappa shape index (κ2) is 8.75. The van der Waals surface area contributed by atoms with Gasteiger partial charge in [0.05, 0.1) is 0 Å². The number of likely N-dealkylation sites (tertiary alicyclic amines) is 2. The molecule has 4 amide bonds. The highest BCUT2D eigenvalue weighted by Crippen LogP contribution is 2.31. The summed E-state index contributed by atoms with van der Waals surface area (Å²) >= 11 is 0. The second-order valence-electron chi connectivity index (χ2n) is 8.80. The van der Waals surface area contributed by atoms with Gasteiger partial charge >= 0.3 is 6.03 Å². The lowest BCUT2D eigenvalue weighted by atomic mass is 9.87. The molecule has 3 aliphatic heterocycles.